The van der Waals surface area contributed by atoms with Crippen LogP contribution in [0.2, 0.25) is 0 Å². The molecular weight excluding hydrogens is 477 g/mol. The SMILES string of the molecule is CONC(=O)c1ccc(Nc2nc(N)c(C(F)(F)F)c(-c3ccc(F)cc3P(C)(C)=O)n2)cc1. The summed E-state index contributed by atoms with van der Waals surface area (Å²) in [6.45, 7) is 2.62. The Morgan fingerprint density at radius 2 is 1.74 bits per heavy atom. The molecule has 1 amide bonds. The predicted molar refractivity (Wildman–Crippen MR) is 120 cm³/mol. The Bertz CT molecular complexity index is 1280. The van der Waals surface area contributed by atoms with Crippen LogP contribution in [-0.4, -0.2) is 36.3 Å². The summed E-state index contributed by atoms with van der Waals surface area (Å²) in [5, 5.41) is 2.61. The standard InChI is InChI=1S/C21H20F4N5O3P/c1-33-30-19(31)11-4-7-13(8-5-11)27-20-28-17(16(18(26)29-20)21(23,24)25)14-9-6-12(22)10-15(14)34(2,3)32/h4-10H,1-3H3,(H,30,31)(H3,26,27,28,29). The maximum absolute atomic E-state index is 13.9. The molecule has 8 nitrogen and oxygen atoms in total. The summed E-state index contributed by atoms with van der Waals surface area (Å²) >= 11 is 0. The van der Waals surface area contributed by atoms with Crippen molar-refractivity contribution in [3.05, 3.63) is 59.4 Å². The minimum atomic E-state index is -4.94. The fraction of sp³-hybridized carbons (Fsp3) is 0.190. The van der Waals surface area contributed by atoms with Gasteiger partial charge in [0.25, 0.3) is 5.91 Å². The van der Waals surface area contributed by atoms with Crippen LogP contribution < -0.4 is 21.8 Å². The molecule has 0 bridgehead atoms. The monoisotopic (exact) mass is 497 g/mol. The molecule has 1 heterocycles. The van der Waals surface area contributed by atoms with Crippen molar-refractivity contribution in [3.8, 4) is 11.3 Å². The van der Waals surface area contributed by atoms with E-state index >= 15 is 0 Å². The summed E-state index contributed by atoms with van der Waals surface area (Å²) < 4.78 is 68.2. The van der Waals surface area contributed by atoms with Crippen LogP contribution in [0, 0.1) is 5.82 Å². The number of halogens is 4. The molecule has 0 aliphatic carbocycles. The number of aromatic nitrogens is 2. The van der Waals surface area contributed by atoms with Crippen LogP contribution in [-0.2, 0) is 15.6 Å². The first-order chi connectivity index (χ1) is 15.8. The number of nitrogens with zero attached hydrogens (tertiary/aromatic N) is 2. The van der Waals surface area contributed by atoms with E-state index in [1.54, 1.807) is 0 Å². The van der Waals surface area contributed by atoms with Crippen LogP contribution in [0.25, 0.3) is 11.3 Å². The zero-order valence-electron chi connectivity index (χ0n) is 18.2. The first kappa shape index (κ1) is 25.1. The van der Waals surface area contributed by atoms with Crippen molar-refractivity contribution in [1.29, 1.82) is 0 Å². The number of benzene rings is 2. The summed E-state index contributed by atoms with van der Waals surface area (Å²) in [6.07, 6.45) is -4.94. The lowest BCUT2D eigenvalue weighted by molar-refractivity contribution is -0.136. The van der Waals surface area contributed by atoms with E-state index in [-0.39, 0.29) is 22.4 Å². The van der Waals surface area contributed by atoms with E-state index in [0.717, 1.165) is 18.2 Å². The molecule has 0 unspecified atom stereocenters. The quantitative estimate of drug-likeness (QED) is 0.266. The van der Waals surface area contributed by atoms with E-state index in [1.807, 2.05) is 0 Å². The number of carbonyl (C=O) groups is 1. The number of alkyl halides is 3. The first-order valence-corrected chi connectivity index (χ1v) is 12.2. The van der Waals surface area contributed by atoms with Crippen LogP contribution in [0.5, 0.6) is 0 Å². The van der Waals surface area contributed by atoms with Gasteiger partial charge in [-0.25, -0.2) is 14.9 Å². The fourth-order valence-corrected chi connectivity index (χ4v) is 4.34. The highest BCUT2D eigenvalue weighted by atomic mass is 31.2. The number of hydrogen-bond donors (Lipinski definition) is 3. The molecule has 180 valence electrons. The topological polar surface area (TPSA) is 119 Å². The molecule has 0 spiro atoms. The van der Waals surface area contributed by atoms with E-state index in [0.29, 0.717) is 5.69 Å². The normalized spacial score (nSPS) is 11.9. The molecule has 13 heteroatoms. The van der Waals surface area contributed by atoms with Crippen molar-refractivity contribution in [3.63, 3.8) is 0 Å². The van der Waals surface area contributed by atoms with Crippen molar-refractivity contribution in [2.45, 2.75) is 6.18 Å². The van der Waals surface area contributed by atoms with Crippen molar-refractivity contribution in [1.82, 2.24) is 15.4 Å². The molecule has 1 aromatic heterocycles. The van der Waals surface area contributed by atoms with E-state index in [4.69, 9.17) is 5.73 Å². The third-order valence-corrected chi connectivity index (χ3v) is 6.14. The molecule has 0 atom stereocenters. The number of nitrogen functional groups attached to an aromatic ring is 1. The third kappa shape index (κ3) is 5.52. The second kappa shape index (κ2) is 9.40. The predicted octanol–water partition coefficient (Wildman–Crippen LogP) is 4.17. The van der Waals surface area contributed by atoms with Crippen LogP contribution in [0.1, 0.15) is 15.9 Å². The van der Waals surface area contributed by atoms with E-state index in [9.17, 15) is 26.9 Å². The Hall–Kier alpha value is -3.50. The Morgan fingerprint density at radius 1 is 1.09 bits per heavy atom. The number of nitrogens with one attached hydrogen (secondary N) is 2. The van der Waals surface area contributed by atoms with Crippen LogP contribution >= 0.6 is 7.14 Å². The lowest BCUT2D eigenvalue weighted by Crippen LogP contribution is -2.21. The van der Waals surface area contributed by atoms with Gasteiger partial charge in [-0.05, 0) is 55.8 Å². The number of nitrogens with two attached hydrogens (primary N) is 1. The maximum atomic E-state index is 13.9. The van der Waals surface area contributed by atoms with Gasteiger partial charge < -0.3 is 15.6 Å². The number of hydrogen-bond acceptors (Lipinski definition) is 7. The van der Waals surface area contributed by atoms with Gasteiger partial charge in [-0.15, -0.1) is 0 Å². The molecular formula is C21H20F4N5O3P. The Labute approximate surface area is 191 Å². The highest BCUT2D eigenvalue weighted by Gasteiger charge is 2.39. The molecule has 0 fully saturated rings. The van der Waals surface area contributed by atoms with Gasteiger partial charge in [0.2, 0.25) is 5.95 Å². The van der Waals surface area contributed by atoms with E-state index < -0.39 is 42.1 Å². The molecule has 3 aromatic rings. The van der Waals surface area contributed by atoms with Crippen molar-refractivity contribution in [2.75, 3.05) is 31.5 Å². The maximum Gasteiger partial charge on any atom is 0.422 e. The Kier molecular flexibility index (Phi) is 6.94. The largest absolute Gasteiger partial charge is 0.422 e. The zero-order chi connectivity index (χ0) is 25.3. The highest BCUT2D eigenvalue weighted by molar-refractivity contribution is 7.70. The lowest BCUT2D eigenvalue weighted by Gasteiger charge is -2.19. The van der Waals surface area contributed by atoms with Gasteiger partial charge in [-0.2, -0.15) is 18.2 Å². The molecule has 0 aliphatic rings. The summed E-state index contributed by atoms with van der Waals surface area (Å²) in [5.41, 5.74) is 6.27. The van der Waals surface area contributed by atoms with Crippen molar-refractivity contribution >= 4 is 35.8 Å². The summed E-state index contributed by atoms with van der Waals surface area (Å²) in [4.78, 5) is 24.0. The molecule has 3 rings (SSSR count). The van der Waals surface area contributed by atoms with Crippen molar-refractivity contribution in [2.24, 2.45) is 0 Å². The molecule has 34 heavy (non-hydrogen) atoms. The van der Waals surface area contributed by atoms with E-state index in [2.05, 4.69) is 25.6 Å². The Morgan fingerprint density at radius 3 is 2.29 bits per heavy atom. The molecule has 2 aromatic carbocycles. The number of amides is 1. The number of hydroxylamine groups is 1. The fourth-order valence-electron chi connectivity index (χ4n) is 3.14. The minimum absolute atomic E-state index is 0.115. The summed E-state index contributed by atoms with van der Waals surface area (Å²) in [7, 11) is -1.94. The first-order valence-electron chi connectivity index (χ1n) is 9.62. The van der Waals surface area contributed by atoms with Gasteiger partial charge >= 0.3 is 6.18 Å². The van der Waals surface area contributed by atoms with Gasteiger partial charge in [-0.1, -0.05) is 0 Å². The highest BCUT2D eigenvalue weighted by Crippen LogP contribution is 2.44. The molecule has 0 aliphatic heterocycles. The van der Waals surface area contributed by atoms with Crippen LogP contribution in [0.15, 0.2) is 42.5 Å². The van der Waals surface area contributed by atoms with Gasteiger partial charge in [0.15, 0.2) is 0 Å². The lowest BCUT2D eigenvalue weighted by atomic mass is 10.1. The summed E-state index contributed by atoms with van der Waals surface area (Å²) in [6, 6.07) is 8.76. The van der Waals surface area contributed by atoms with Gasteiger partial charge in [0.05, 0.1) is 12.8 Å². The van der Waals surface area contributed by atoms with Gasteiger partial charge in [0.1, 0.15) is 24.3 Å². The van der Waals surface area contributed by atoms with Gasteiger partial charge in [-0.3, -0.25) is 9.63 Å². The van der Waals surface area contributed by atoms with Crippen LogP contribution in [0.4, 0.5) is 35.0 Å². The Balaban J connectivity index is 2.13. The van der Waals surface area contributed by atoms with Crippen LogP contribution in [0.3, 0.4) is 0 Å². The zero-order valence-corrected chi connectivity index (χ0v) is 19.1. The van der Waals surface area contributed by atoms with E-state index in [1.165, 1.54) is 44.7 Å². The number of anilines is 3. The second-order valence-corrected chi connectivity index (χ2v) is 10.7. The number of rotatable bonds is 6. The molecule has 0 radical (unpaired) electrons. The third-order valence-electron chi connectivity index (χ3n) is 4.61. The second-order valence-electron chi connectivity index (χ2n) is 7.50. The smallest absolute Gasteiger partial charge is 0.383 e. The van der Waals surface area contributed by atoms with Gasteiger partial charge in [0, 0.05) is 22.1 Å². The number of carbonyl (C=O) groups excluding carboxylic acids is 1. The van der Waals surface area contributed by atoms with Crippen molar-refractivity contribution < 1.29 is 31.8 Å². The molecule has 0 saturated carbocycles. The minimum Gasteiger partial charge on any atom is -0.383 e. The average molecular weight is 497 g/mol. The molecule has 4 N–H and O–H groups in total. The summed E-state index contributed by atoms with van der Waals surface area (Å²) in [5.74, 6) is -2.41. The average Bonchev–Trinajstić information content (AvgIpc) is 2.72. The molecule has 0 saturated heterocycles.